The molecule has 0 aliphatic carbocycles. The molecule has 0 radical (unpaired) electrons. The van der Waals surface area contributed by atoms with Gasteiger partial charge in [0.15, 0.2) is 0 Å². The van der Waals surface area contributed by atoms with Crippen LogP contribution in [0.3, 0.4) is 0 Å². The molecule has 0 aromatic heterocycles. The molecule has 0 aliphatic rings. The maximum atomic E-state index is 11.3. The van der Waals surface area contributed by atoms with E-state index in [-0.39, 0.29) is 5.91 Å². The van der Waals surface area contributed by atoms with Crippen molar-refractivity contribution in [3.05, 3.63) is 60.2 Å². The number of anilines is 2. The molecule has 0 unspecified atom stereocenters. The first-order valence-corrected chi connectivity index (χ1v) is 6.84. The molecule has 0 fully saturated rings. The summed E-state index contributed by atoms with van der Waals surface area (Å²) < 4.78 is 0. The summed E-state index contributed by atoms with van der Waals surface area (Å²) in [6.45, 7) is 2.71. The summed E-state index contributed by atoms with van der Waals surface area (Å²) in [5, 5.41) is 2.85. The summed E-state index contributed by atoms with van der Waals surface area (Å²) in [5.41, 5.74) is 3.25. The quantitative estimate of drug-likeness (QED) is 0.897. The van der Waals surface area contributed by atoms with Gasteiger partial charge in [0.1, 0.15) is 0 Å². The first kappa shape index (κ1) is 14.1. The Balaban J connectivity index is 2.00. The van der Waals surface area contributed by atoms with E-state index in [1.54, 1.807) is 0 Å². The van der Waals surface area contributed by atoms with Crippen molar-refractivity contribution in [3.63, 3.8) is 0 Å². The van der Waals surface area contributed by atoms with E-state index >= 15 is 0 Å². The zero-order valence-corrected chi connectivity index (χ0v) is 12.0. The summed E-state index contributed by atoms with van der Waals surface area (Å²) in [6.07, 6.45) is 0.496. The van der Waals surface area contributed by atoms with Crippen LogP contribution < -0.4 is 10.2 Å². The van der Waals surface area contributed by atoms with Crippen LogP contribution in [0.1, 0.15) is 18.9 Å². The van der Waals surface area contributed by atoms with Gasteiger partial charge in [0.2, 0.25) is 5.91 Å². The molecule has 3 heteroatoms. The molecule has 0 saturated carbocycles. The van der Waals surface area contributed by atoms with E-state index in [0.717, 1.165) is 17.9 Å². The van der Waals surface area contributed by atoms with Crippen LogP contribution >= 0.6 is 0 Å². The molecule has 1 N–H and O–H groups in total. The maximum Gasteiger partial charge on any atom is 0.224 e. The third-order valence-corrected chi connectivity index (χ3v) is 3.18. The van der Waals surface area contributed by atoms with Gasteiger partial charge in [-0.15, -0.1) is 0 Å². The van der Waals surface area contributed by atoms with E-state index in [0.29, 0.717) is 6.42 Å². The van der Waals surface area contributed by atoms with Crippen molar-refractivity contribution in [3.8, 4) is 0 Å². The summed E-state index contributed by atoms with van der Waals surface area (Å²) in [7, 11) is 2.06. The Morgan fingerprint density at radius 2 is 1.70 bits per heavy atom. The highest BCUT2D eigenvalue weighted by Crippen LogP contribution is 2.18. The fraction of sp³-hybridized carbons (Fsp3) is 0.235. The molecule has 2 rings (SSSR count). The van der Waals surface area contributed by atoms with E-state index in [1.165, 1.54) is 5.56 Å². The molecule has 20 heavy (non-hydrogen) atoms. The molecule has 1 amide bonds. The normalized spacial score (nSPS) is 10.1. The first-order chi connectivity index (χ1) is 9.69. The molecule has 2 aromatic rings. The van der Waals surface area contributed by atoms with Crippen LogP contribution in [0.5, 0.6) is 0 Å². The SMILES string of the molecule is CCC(=O)Nc1ccc(N(C)Cc2ccccc2)cc1. The van der Waals surface area contributed by atoms with Gasteiger partial charge in [-0.1, -0.05) is 37.3 Å². The second-order valence-corrected chi connectivity index (χ2v) is 4.79. The summed E-state index contributed by atoms with van der Waals surface area (Å²) >= 11 is 0. The van der Waals surface area contributed by atoms with Crippen molar-refractivity contribution in [2.75, 3.05) is 17.3 Å². The van der Waals surface area contributed by atoms with E-state index in [9.17, 15) is 4.79 Å². The van der Waals surface area contributed by atoms with Crippen molar-refractivity contribution in [1.82, 2.24) is 0 Å². The summed E-state index contributed by atoms with van der Waals surface area (Å²) in [6, 6.07) is 18.3. The smallest absolute Gasteiger partial charge is 0.224 e. The van der Waals surface area contributed by atoms with Crippen LogP contribution in [-0.4, -0.2) is 13.0 Å². The standard InChI is InChI=1S/C17H20N2O/c1-3-17(20)18-15-9-11-16(12-10-15)19(2)13-14-7-5-4-6-8-14/h4-12H,3,13H2,1-2H3,(H,18,20). The third-order valence-electron chi connectivity index (χ3n) is 3.18. The Kier molecular flexibility index (Phi) is 4.77. The molecule has 0 aliphatic heterocycles. The number of hydrogen-bond acceptors (Lipinski definition) is 2. The van der Waals surface area contributed by atoms with Crippen LogP contribution in [0.25, 0.3) is 0 Å². The lowest BCUT2D eigenvalue weighted by molar-refractivity contribution is -0.115. The van der Waals surface area contributed by atoms with Gasteiger partial charge in [-0.2, -0.15) is 0 Å². The van der Waals surface area contributed by atoms with E-state index in [4.69, 9.17) is 0 Å². The summed E-state index contributed by atoms with van der Waals surface area (Å²) in [5.74, 6) is 0.0374. The third kappa shape index (κ3) is 3.85. The van der Waals surface area contributed by atoms with Gasteiger partial charge >= 0.3 is 0 Å². The molecule has 0 bridgehead atoms. The van der Waals surface area contributed by atoms with E-state index in [1.807, 2.05) is 49.4 Å². The minimum Gasteiger partial charge on any atom is -0.370 e. The van der Waals surface area contributed by atoms with Crippen LogP contribution in [0, 0.1) is 0 Å². The van der Waals surface area contributed by atoms with E-state index < -0.39 is 0 Å². The van der Waals surface area contributed by atoms with Gasteiger partial charge in [-0.3, -0.25) is 4.79 Å². The van der Waals surface area contributed by atoms with Gasteiger partial charge in [0.05, 0.1) is 0 Å². The second kappa shape index (κ2) is 6.75. The Bertz CT molecular complexity index is 549. The number of benzene rings is 2. The Labute approximate surface area is 120 Å². The Hall–Kier alpha value is -2.29. The van der Waals surface area contributed by atoms with Gasteiger partial charge in [-0.25, -0.2) is 0 Å². The zero-order chi connectivity index (χ0) is 14.4. The molecule has 3 nitrogen and oxygen atoms in total. The average Bonchev–Trinajstić information content (AvgIpc) is 2.49. The number of carbonyl (C=O) groups is 1. The number of nitrogens with one attached hydrogen (secondary N) is 1. The fourth-order valence-electron chi connectivity index (χ4n) is 2.00. The van der Waals surface area contributed by atoms with Gasteiger partial charge in [-0.05, 0) is 29.8 Å². The molecule has 104 valence electrons. The number of hydrogen-bond donors (Lipinski definition) is 1. The Morgan fingerprint density at radius 3 is 2.30 bits per heavy atom. The predicted octanol–water partition coefficient (Wildman–Crippen LogP) is 3.67. The molecule has 0 heterocycles. The minimum absolute atomic E-state index is 0.0374. The van der Waals surface area contributed by atoms with Gasteiger partial charge < -0.3 is 10.2 Å². The van der Waals surface area contributed by atoms with Crippen molar-refractivity contribution < 1.29 is 4.79 Å². The van der Waals surface area contributed by atoms with E-state index in [2.05, 4.69) is 29.4 Å². The molecule has 0 spiro atoms. The van der Waals surface area contributed by atoms with Crippen LogP contribution in [-0.2, 0) is 11.3 Å². The Morgan fingerprint density at radius 1 is 1.05 bits per heavy atom. The average molecular weight is 268 g/mol. The van der Waals surface area contributed by atoms with Crippen molar-refractivity contribution >= 4 is 17.3 Å². The largest absolute Gasteiger partial charge is 0.370 e. The molecule has 0 atom stereocenters. The number of amides is 1. The molecular weight excluding hydrogens is 248 g/mol. The highest BCUT2D eigenvalue weighted by Gasteiger charge is 2.03. The minimum atomic E-state index is 0.0374. The zero-order valence-electron chi connectivity index (χ0n) is 12.0. The predicted molar refractivity (Wildman–Crippen MR) is 83.9 cm³/mol. The monoisotopic (exact) mass is 268 g/mol. The second-order valence-electron chi connectivity index (χ2n) is 4.79. The first-order valence-electron chi connectivity index (χ1n) is 6.84. The fourth-order valence-corrected chi connectivity index (χ4v) is 2.00. The topological polar surface area (TPSA) is 32.3 Å². The number of carbonyl (C=O) groups excluding carboxylic acids is 1. The molecule has 0 saturated heterocycles. The van der Waals surface area contributed by atoms with Crippen LogP contribution in [0.2, 0.25) is 0 Å². The highest BCUT2D eigenvalue weighted by atomic mass is 16.1. The lowest BCUT2D eigenvalue weighted by atomic mass is 10.2. The maximum absolute atomic E-state index is 11.3. The lowest BCUT2D eigenvalue weighted by Gasteiger charge is -2.19. The number of nitrogens with zero attached hydrogens (tertiary/aromatic N) is 1. The highest BCUT2D eigenvalue weighted by molar-refractivity contribution is 5.90. The molecule has 2 aromatic carbocycles. The van der Waals surface area contributed by atoms with Crippen LogP contribution in [0.4, 0.5) is 11.4 Å². The number of rotatable bonds is 5. The summed E-state index contributed by atoms with van der Waals surface area (Å²) in [4.78, 5) is 13.5. The van der Waals surface area contributed by atoms with Crippen LogP contribution in [0.15, 0.2) is 54.6 Å². The van der Waals surface area contributed by atoms with Crippen molar-refractivity contribution in [1.29, 1.82) is 0 Å². The van der Waals surface area contributed by atoms with Gasteiger partial charge in [0.25, 0.3) is 0 Å². The lowest BCUT2D eigenvalue weighted by Crippen LogP contribution is -2.16. The van der Waals surface area contributed by atoms with Crippen molar-refractivity contribution in [2.45, 2.75) is 19.9 Å². The molecular formula is C17H20N2O. The van der Waals surface area contributed by atoms with Gasteiger partial charge in [0, 0.05) is 31.4 Å². The van der Waals surface area contributed by atoms with Crippen molar-refractivity contribution in [2.24, 2.45) is 0 Å².